The molecule has 24 heavy (non-hydrogen) atoms. The van der Waals surface area contributed by atoms with Gasteiger partial charge >= 0.3 is 5.97 Å². The number of aromatic nitrogens is 3. The summed E-state index contributed by atoms with van der Waals surface area (Å²) in [5.74, 6) is -2.02. The maximum atomic E-state index is 14.0. The number of aliphatic carboxylic acids is 1. The van der Waals surface area contributed by atoms with E-state index in [1.807, 2.05) is 0 Å². The molecule has 1 N–H and O–H groups in total. The van der Waals surface area contributed by atoms with Gasteiger partial charge < -0.3 is 10.0 Å². The molecule has 0 saturated carbocycles. The SMILES string of the molecule is O=C(O)CC1CCCN1C(=O)c1cn(-c2cccc(Cl)c2F)nn1. The first-order valence-electron chi connectivity index (χ1n) is 7.37. The van der Waals surface area contributed by atoms with Gasteiger partial charge in [0.2, 0.25) is 0 Å². The number of likely N-dealkylation sites (tertiary alicyclic amines) is 1. The summed E-state index contributed by atoms with van der Waals surface area (Å²) in [7, 11) is 0. The van der Waals surface area contributed by atoms with Gasteiger partial charge in [-0.3, -0.25) is 9.59 Å². The number of carboxylic acid groups (broad SMARTS) is 1. The van der Waals surface area contributed by atoms with Crippen molar-refractivity contribution in [3.63, 3.8) is 0 Å². The minimum atomic E-state index is -0.954. The Morgan fingerprint density at radius 2 is 2.21 bits per heavy atom. The Hall–Kier alpha value is -2.48. The molecular weight excluding hydrogens is 339 g/mol. The highest BCUT2D eigenvalue weighted by Gasteiger charge is 2.32. The Labute approximate surface area is 141 Å². The molecule has 3 rings (SSSR count). The van der Waals surface area contributed by atoms with Gasteiger partial charge in [0, 0.05) is 12.6 Å². The molecule has 1 aromatic carbocycles. The van der Waals surface area contributed by atoms with Crippen molar-refractivity contribution in [1.82, 2.24) is 19.9 Å². The molecule has 1 saturated heterocycles. The minimum absolute atomic E-state index is 0.0339. The molecule has 1 aliphatic rings. The fourth-order valence-corrected chi connectivity index (χ4v) is 2.98. The number of carboxylic acids is 1. The second-order valence-electron chi connectivity index (χ2n) is 5.51. The van der Waals surface area contributed by atoms with Crippen molar-refractivity contribution >= 4 is 23.5 Å². The lowest BCUT2D eigenvalue weighted by atomic mass is 10.1. The van der Waals surface area contributed by atoms with Gasteiger partial charge in [-0.15, -0.1) is 5.10 Å². The molecular formula is C15H14ClFN4O3. The molecule has 126 valence electrons. The van der Waals surface area contributed by atoms with Crippen LogP contribution in [0.5, 0.6) is 0 Å². The molecule has 2 aromatic rings. The summed E-state index contributed by atoms with van der Waals surface area (Å²) in [6, 6.07) is 4.08. The molecule has 1 atom stereocenters. The summed E-state index contributed by atoms with van der Waals surface area (Å²) in [5.41, 5.74) is 0.115. The predicted molar refractivity (Wildman–Crippen MR) is 82.6 cm³/mol. The summed E-state index contributed by atoms with van der Waals surface area (Å²) in [6.45, 7) is 0.467. The summed E-state index contributed by atoms with van der Waals surface area (Å²) in [5, 5.41) is 16.4. The lowest BCUT2D eigenvalue weighted by molar-refractivity contribution is -0.137. The van der Waals surface area contributed by atoms with Gasteiger partial charge in [0.25, 0.3) is 5.91 Å². The molecule has 7 nitrogen and oxygen atoms in total. The second-order valence-corrected chi connectivity index (χ2v) is 5.92. The molecule has 0 spiro atoms. The van der Waals surface area contributed by atoms with Gasteiger partial charge in [-0.05, 0) is 25.0 Å². The molecule has 1 fully saturated rings. The van der Waals surface area contributed by atoms with Crippen molar-refractivity contribution in [2.75, 3.05) is 6.54 Å². The lowest BCUT2D eigenvalue weighted by Gasteiger charge is -2.22. The molecule has 2 heterocycles. The largest absolute Gasteiger partial charge is 0.481 e. The van der Waals surface area contributed by atoms with E-state index in [0.717, 1.165) is 11.1 Å². The van der Waals surface area contributed by atoms with Gasteiger partial charge in [-0.2, -0.15) is 0 Å². The van der Waals surface area contributed by atoms with Crippen LogP contribution in [0.25, 0.3) is 5.69 Å². The van der Waals surface area contributed by atoms with Crippen molar-refractivity contribution in [3.05, 3.63) is 40.9 Å². The maximum absolute atomic E-state index is 14.0. The van der Waals surface area contributed by atoms with E-state index in [9.17, 15) is 14.0 Å². The van der Waals surface area contributed by atoms with Crippen molar-refractivity contribution < 1.29 is 19.1 Å². The molecule has 9 heteroatoms. The van der Waals surface area contributed by atoms with Gasteiger partial charge in [0.1, 0.15) is 5.69 Å². The predicted octanol–water partition coefficient (Wildman–Crippen LogP) is 2.14. The number of amides is 1. The number of halogens is 2. The third-order valence-corrected chi connectivity index (χ3v) is 4.23. The highest BCUT2D eigenvalue weighted by molar-refractivity contribution is 6.30. The zero-order valence-corrected chi connectivity index (χ0v) is 13.3. The molecule has 1 amide bonds. The molecule has 0 bridgehead atoms. The Kier molecular flexibility index (Phi) is 4.48. The number of rotatable bonds is 4. The monoisotopic (exact) mass is 352 g/mol. The van der Waals surface area contributed by atoms with E-state index >= 15 is 0 Å². The number of carbonyl (C=O) groups excluding carboxylic acids is 1. The molecule has 1 aliphatic heterocycles. The van der Waals surface area contributed by atoms with Gasteiger partial charge in [-0.1, -0.05) is 22.9 Å². The van der Waals surface area contributed by atoms with Crippen LogP contribution in [0, 0.1) is 5.82 Å². The van der Waals surface area contributed by atoms with E-state index in [4.69, 9.17) is 16.7 Å². The van der Waals surface area contributed by atoms with Crippen LogP contribution in [0.15, 0.2) is 24.4 Å². The van der Waals surface area contributed by atoms with E-state index in [0.29, 0.717) is 13.0 Å². The van der Waals surface area contributed by atoms with Crippen molar-refractivity contribution in [2.24, 2.45) is 0 Å². The minimum Gasteiger partial charge on any atom is -0.481 e. The van der Waals surface area contributed by atoms with Crippen molar-refractivity contribution in [2.45, 2.75) is 25.3 Å². The quantitative estimate of drug-likeness (QED) is 0.910. The molecule has 0 radical (unpaired) electrons. The summed E-state index contributed by atoms with van der Waals surface area (Å²) in [4.78, 5) is 24.9. The number of hydrogen-bond donors (Lipinski definition) is 1. The molecule has 1 aromatic heterocycles. The standard InChI is InChI=1S/C15H14ClFN4O3/c16-10-4-1-5-12(14(10)17)21-8-11(18-19-21)15(24)20-6-2-3-9(20)7-13(22)23/h1,4-5,8-9H,2-3,6-7H2,(H,22,23). The first-order valence-corrected chi connectivity index (χ1v) is 7.74. The van der Waals surface area contributed by atoms with E-state index in [-0.39, 0.29) is 28.9 Å². The van der Waals surface area contributed by atoms with Crippen molar-refractivity contribution in [1.29, 1.82) is 0 Å². The number of benzene rings is 1. The van der Waals surface area contributed by atoms with E-state index < -0.39 is 17.7 Å². The van der Waals surface area contributed by atoms with Crippen LogP contribution in [0.1, 0.15) is 29.8 Å². The topological polar surface area (TPSA) is 88.3 Å². The van der Waals surface area contributed by atoms with Crippen molar-refractivity contribution in [3.8, 4) is 5.69 Å². The maximum Gasteiger partial charge on any atom is 0.305 e. The molecule has 0 aliphatic carbocycles. The van der Waals surface area contributed by atoms with Gasteiger partial charge in [-0.25, -0.2) is 9.07 Å². The van der Waals surface area contributed by atoms with Gasteiger partial charge in [0.05, 0.1) is 17.6 Å². The fraction of sp³-hybridized carbons (Fsp3) is 0.333. The Morgan fingerprint density at radius 1 is 1.42 bits per heavy atom. The van der Waals surface area contributed by atoms with Gasteiger partial charge in [0.15, 0.2) is 11.5 Å². The smallest absolute Gasteiger partial charge is 0.305 e. The van der Waals surface area contributed by atoms with Crippen LogP contribution >= 0.6 is 11.6 Å². The van der Waals surface area contributed by atoms with Crippen LogP contribution in [0.3, 0.4) is 0 Å². The van der Waals surface area contributed by atoms with E-state index in [2.05, 4.69) is 10.3 Å². The average molecular weight is 353 g/mol. The highest BCUT2D eigenvalue weighted by Crippen LogP contribution is 2.23. The number of hydrogen-bond acceptors (Lipinski definition) is 4. The third kappa shape index (κ3) is 3.09. The Bertz CT molecular complexity index is 795. The van der Waals surface area contributed by atoms with Crippen LogP contribution in [0.2, 0.25) is 5.02 Å². The Balaban J connectivity index is 1.84. The Morgan fingerprint density at radius 3 is 2.96 bits per heavy atom. The summed E-state index contributed by atoms with van der Waals surface area (Å²) >= 11 is 5.74. The lowest BCUT2D eigenvalue weighted by Crippen LogP contribution is -2.37. The second kappa shape index (κ2) is 6.56. The molecule has 1 unspecified atom stereocenters. The van der Waals surface area contributed by atoms with Crippen LogP contribution in [-0.2, 0) is 4.79 Å². The fourth-order valence-electron chi connectivity index (χ4n) is 2.81. The number of nitrogens with zero attached hydrogens (tertiary/aromatic N) is 4. The first-order chi connectivity index (χ1) is 11.5. The third-order valence-electron chi connectivity index (χ3n) is 3.94. The van der Waals surface area contributed by atoms with E-state index in [1.165, 1.54) is 23.2 Å². The normalized spacial score (nSPS) is 17.2. The van der Waals surface area contributed by atoms with Crippen LogP contribution < -0.4 is 0 Å². The zero-order chi connectivity index (χ0) is 17.3. The van der Waals surface area contributed by atoms with E-state index in [1.54, 1.807) is 6.07 Å². The summed E-state index contributed by atoms with van der Waals surface area (Å²) in [6.07, 6.45) is 2.58. The van der Waals surface area contributed by atoms with Crippen LogP contribution in [-0.4, -0.2) is 49.5 Å². The first kappa shape index (κ1) is 16.4. The zero-order valence-electron chi connectivity index (χ0n) is 12.5. The van der Waals surface area contributed by atoms with Crippen LogP contribution in [0.4, 0.5) is 4.39 Å². The number of carbonyl (C=O) groups is 2. The summed E-state index contributed by atoms with van der Waals surface area (Å²) < 4.78 is 15.2. The highest BCUT2D eigenvalue weighted by atomic mass is 35.5. The average Bonchev–Trinajstić information content (AvgIpc) is 3.18.